The highest BCUT2D eigenvalue weighted by Gasteiger charge is 2.26. The number of carbonyl (C=O) groups excluding carboxylic acids is 1. The van der Waals surface area contributed by atoms with Crippen molar-refractivity contribution < 1.29 is 9.53 Å². The van der Waals surface area contributed by atoms with Gasteiger partial charge in [0.1, 0.15) is 5.60 Å². The molecule has 0 aromatic rings. The summed E-state index contributed by atoms with van der Waals surface area (Å²) in [6, 6.07) is 0.852. The molecule has 1 amide bonds. The maximum absolute atomic E-state index is 12.0. The first-order chi connectivity index (χ1) is 7.83. The molecule has 1 aliphatic rings. The third-order valence-corrected chi connectivity index (χ3v) is 2.78. The minimum atomic E-state index is -0.422. The van der Waals surface area contributed by atoms with Crippen molar-refractivity contribution in [3.63, 3.8) is 0 Å². The van der Waals surface area contributed by atoms with Crippen LogP contribution in [0.25, 0.3) is 0 Å². The SMILES string of the molecule is CCN(C(=O)OC(C)(C)C)[C@@H](C)CNC1CC1. The van der Waals surface area contributed by atoms with E-state index in [4.69, 9.17) is 4.74 Å². The van der Waals surface area contributed by atoms with Crippen molar-refractivity contribution in [3.05, 3.63) is 0 Å². The van der Waals surface area contributed by atoms with Crippen molar-refractivity contribution in [2.75, 3.05) is 13.1 Å². The first-order valence-electron chi connectivity index (χ1n) is 6.56. The van der Waals surface area contributed by atoms with E-state index in [1.165, 1.54) is 12.8 Å². The molecule has 0 aromatic carbocycles. The van der Waals surface area contributed by atoms with E-state index >= 15 is 0 Å². The lowest BCUT2D eigenvalue weighted by atomic mass is 10.2. The van der Waals surface area contributed by atoms with E-state index in [9.17, 15) is 4.79 Å². The average Bonchev–Trinajstić information content (AvgIpc) is 2.96. The topological polar surface area (TPSA) is 41.6 Å². The standard InChI is InChI=1S/C13H26N2O2/c1-6-15(12(16)17-13(3,4)5)10(2)9-14-11-7-8-11/h10-11,14H,6-9H2,1-5H3/t10-/m0/s1. The van der Waals surface area contributed by atoms with E-state index in [1.807, 2.05) is 27.7 Å². The fourth-order valence-electron chi connectivity index (χ4n) is 1.68. The molecule has 1 atom stereocenters. The molecule has 0 heterocycles. The van der Waals surface area contributed by atoms with Gasteiger partial charge in [0.2, 0.25) is 0 Å². The molecule has 1 N–H and O–H groups in total. The van der Waals surface area contributed by atoms with E-state index in [0.717, 1.165) is 6.54 Å². The number of hydrogen-bond acceptors (Lipinski definition) is 3. The first kappa shape index (κ1) is 14.3. The van der Waals surface area contributed by atoms with Crippen LogP contribution >= 0.6 is 0 Å². The zero-order valence-corrected chi connectivity index (χ0v) is 11.7. The largest absolute Gasteiger partial charge is 0.444 e. The summed E-state index contributed by atoms with van der Waals surface area (Å²) in [5.74, 6) is 0. The molecule has 1 aliphatic carbocycles. The smallest absolute Gasteiger partial charge is 0.410 e. The fourth-order valence-corrected chi connectivity index (χ4v) is 1.68. The van der Waals surface area contributed by atoms with Crippen LogP contribution in [0, 0.1) is 0 Å². The van der Waals surface area contributed by atoms with Gasteiger partial charge < -0.3 is 15.0 Å². The molecule has 100 valence electrons. The van der Waals surface area contributed by atoms with Gasteiger partial charge in [0.05, 0.1) is 0 Å². The van der Waals surface area contributed by atoms with Gasteiger partial charge in [0.25, 0.3) is 0 Å². The first-order valence-corrected chi connectivity index (χ1v) is 6.56. The lowest BCUT2D eigenvalue weighted by Crippen LogP contribution is -2.46. The van der Waals surface area contributed by atoms with Crippen LogP contribution < -0.4 is 5.32 Å². The number of nitrogens with zero attached hydrogens (tertiary/aromatic N) is 1. The summed E-state index contributed by atoms with van der Waals surface area (Å²) in [6.07, 6.45) is 2.32. The summed E-state index contributed by atoms with van der Waals surface area (Å²) in [5.41, 5.74) is -0.422. The highest BCUT2D eigenvalue weighted by Crippen LogP contribution is 2.19. The van der Waals surface area contributed by atoms with Crippen molar-refractivity contribution >= 4 is 6.09 Å². The Morgan fingerprint density at radius 1 is 1.47 bits per heavy atom. The molecule has 0 bridgehead atoms. The number of hydrogen-bond donors (Lipinski definition) is 1. The zero-order valence-electron chi connectivity index (χ0n) is 11.7. The van der Waals surface area contributed by atoms with Crippen LogP contribution in [0.4, 0.5) is 4.79 Å². The molecule has 0 spiro atoms. The maximum Gasteiger partial charge on any atom is 0.410 e. The monoisotopic (exact) mass is 242 g/mol. The molecular weight excluding hydrogens is 216 g/mol. The van der Waals surface area contributed by atoms with Gasteiger partial charge in [-0.1, -0.05) is 0 Å². The third-order valence-electron chi connectivity index (χ3n) is 2.78. The summed E-state index contributed by atoms with van der Waals surface area (Å²) < 4.78 is 5.39. The Morgan fingerprint density at radius 3 is 2.47 bits per heavy atom. The second-order valence-electron chi connectivity index (χ2n) is 5.80. The van der Waals surface area contributed by atoms with Crippen molar-refractivity contribution in [2.45, 2.75) is 65.1 Å². The molecule has 0 saturated heterocycles. The second-order valence-corrected chi connectivity index (χ2v) is 5.80. The van der Waals surface area contributed by atoms with Crippen molar-refractivity contribution in [1.29, 1.82) is 0 Å². The van der Waals surface area contributed by atoms with Gasteiger partial charge in [-0.15, -0.1) is 0 Å². The molecule has 1 fully saturated rings. The Balaban J connectivity index is 2.41. The molecule has 0 aliphatic heterocycles. The normalized spacial score (nSPS) is 17.7. The fraction of sp³-hybridized carbons (Fsp3) is 0.923. The molecule has 4 heteroatoms. The summed E-state index contributed by atoms with van der Waals surface area (Å²) in [6.45, 7) is 11.3. The molecule has 17 heavy (non-hydrogen) atoms. The molecule has 1 saturated carbocycles. The molecular formula is C13H26N2O2. The van der Waals surface area contributed by atoms with Crippen molar-refractivity contribution in [2.24, 2.45) is 0 Å². The van der Waals surface area contributed by atoms with Crippen LogP contribution in [-0.4, -0.2) is 41.8 Å². The van der Waals surface area contributed by atoms with E-state index in [-0.39, 0.29) is 12.1 Å². The molecule has 0 unspecified atom stereocenters. The zero-order chi connectivity index (χ0) is 13.1. The highest BCUT2D eigenvalue weighted by molar-refractivity contribution is 5.68. The number of ether oxygens (including phenoxy) is 1. The minimum Gasteiger partial charge on any atom is -0.444 e. The Bertz CT molecular complexity index is 257. The average molecular weight is 242 g/mol. The van der Waals surface area contributed by atoms with Gasteiger partial charge in [-0.25, -0.2) is 4.79 Å². The number of amides is 1. The van der Waals surface area contributed by atoms with Crippen LogP contribution in [0.3, 0.4) is 0 Å². The Labute approximate surface area is 105 Å². The van der Waals surface area contributed by atoms with Crippen molar-refractivity contribution in [3.8, 4) is 0 Å². The van der Waals surface area contributed by atoms with Gasteiger partial charge >= 0.3 is 6.09 Å². The Kier molecular flexibility index (Phi) is 4.80. The predicted molar refractivity (Wildman–Crippen MR) is 69.1 cm³/mol. The number of carbonyl (C=O) groups is 1. The Morgan fingerprint density at radius 2 is 2.06 bits per heavy atom. The molecule has 4 nitrogen and oxygen atoms in total. The van der Waals surface area contributed by atoms with Crippen LogP contribution in [-0.2, 0) is 4.74 Å². The van der Waals surface area contributed by atoms with Gasteiger partial charge in [-0.05, 0) is 47.5 Å². The van der Waals surface area contributed by atoms with E-state index in [2.05, 4.69) is 12.2 Å². The lowest BCUT2D eigenvalue weighted by Gasteiger charge is -2.31. The highest BCUT2D eigenvalue weighted by atomic mass is 16.6. The Hall–Kier alpha value is -0.770. The van der Waals surface area contributed by atoms with Crippen LogP contribution in [0.1, 0.15) is 47.5 Å². The van der Waals surface area contributed by atoms with Crippen LogP contribution in [0.15, 0.2) is 0 Å². The van der Waals surface area contributed by atoms with Gasteiger partial charge in [-0.3, -0.25) is 0 Å². The summed E-state index contributed by atoms with van der Waals surface area (Å²) >= 11 is 0. The molecule has 0 radical (unpaired) electrons. The second kappa shape index (κ2) is 5.71. The summed E-state index contributed by atoms with van der Waals surface area (Å²) in [4.78, 5) is 13.7. The lowest BCUT2D eigenvalue weighted by molar-refractivity contribution is 0.0188. The predicted octanol–water partition coefficient (Wildman–Crippen LogP) is 2.38. The van der Waals surface area contributed by atoms with E-state index in [0.29, 0.717) is 12.6 Å². The van der Waals surface area contributed by atoms with Crippen LogP contribution in [0.2, 0.25) is 0 Å². The quantitative estimate of drug-likeness (QED) is 0.805. The maximum atomic E-state index is 12.0. The van der Waals surface area contributed by atoms with Gasteiger partial charge in [-0.2, -0.15) is 0 Å². The van der Waals surface area contributed by atoms with E-state index in [1.54, 1.807) is 4.90 Å². The number of rotatable bonds is 5. The van der Waals surface area contributed by atoms with Gasteiger partial charge in [0, 0.05) is 25.2 Å². The van der Waals surface area contributed by atoms with Crippen molar-refractivity contribution in [1.82, 2.24) is 10.2 Å². The van der Waals surface area contributed by atoms with Crippen LogP contribution in [0.5, 0.6) is 0 Å². The minimum absolute atomic E-state index is 0.176. The number of likely N-dealkylation sites (N-methyl/N-ethyl adjacent to an activating group) is 1. The van der Waals surface area contributed by atoms with E-state index < -0.39 is 5.60 Å². The number of nitrogens with one attached hydrogen (secondary N) is 1. The van der Waals surface area contributed by atoms with Gasteiger partial charge in [0.15, 0.2) is 0 Å². The third kappa shape index (κ3) is 5.39. The molecule has 1 rings (SSSR count). The summed E-state index contributed by atoms with van der Waals surface area (Å²) in [5, 5.41) is 3.44. The summed E-state index contributed by atoms with van der Waals surface area (Å²) in [7, 11) is 0. The molecule has 0 aromatic heterocycles.